The lowest BCUT2D eigenvalue weighted by atomic mass is 10.2. The van der Waals surface area contributed by atoms with E-state index >= 15 is 0 Å². The van der Waals surface area contributed by atoms with Gasteiger partial charge in [0.25, 0.3) is 5.56 Å². The van der Waals surface area contributed by atoms with Crippen molar-refractivity contribution in [1.29, 1.82) is 0 Å². The van der Waals surface area contributed by atoms with E-state index in [0.717, 1.165) is 23.9 Å². The molecule has 5 nitrogen and oxygen atoms in total. The van der Waals surface area contributed by atoms with Crippen LogP contribution in [0.2, 0.25) is 10.0 Å². The van der Waals surface area contributed by atoms with Gasteiger partial charge in [0, 0.05) is 6.54 Å². The van der Waals surface area contributed by atoms with E-state index in [1.807, 2.05) is 0 Å². The Morgan fingerprint density at radius 3 is 2.83 bits per heavy atom. The Hall–Kier alpha value is -1.07. The van der Waals surface area contributed by atoms with Gasteiger partial charge in [0.05, 0.1) is 11.2 Å². The Balaban J connectivity index is 2.55. The predicted molar refractivity (Wildman–Crippen MR) is 71.1 cm³/mol. The monoisotopic (exact) mass is 291 g/mol. The second-order valence-electron chi connectivity index (χ2n) is 3.83. The van der Waals surface area contributed by atoms with Crippen LogP contribution in [0, 0.1) is 0 Å². The van der Waals surface area contributed by atoms with Gasteiger partial charge in [0.2, 0.25) is 5.91 Å². The van der Waals surface area contributed by atoms with E-state index in [1.165, 1.54) is 6.20 Å². The van der Waals surface area contributed by atoms with Gasteiger partial charge < -0.3 is 5.32 Å². The molecule has 0 atom stereocenters. The smallest absolute Gasteiger partial charge is 0.287 e. The average molecular weight is 292 g/mol. The first-order valence-electron chi connectivity index (χ1n) is 5.74. The largest absolute Gasteiger partial charge is 0.354 e. The van der Waals surface area contributed by atoms with Crippen LogP contribution >= 0.6 is 23.2 Å². The highest BCUT2D eigenvalue weighted by Crippen LogP contribution is 2.14. The van der Waals surface area contributed by atoms with E-state index in [1.54, 1.807) is 0 Å². The van der Waals surface area contributed by atoms with Crippen LogP contribution in [-0.4, -0.2) is 22.2 Å². The Labute approximate surface area is 115 Å². The van der Waals surface area contributed by atoms with Crippen molar-refractivity contribution in [3.8, 4) is 0 Å². The Kier molecular flexibility index (Phi) is 6.15. The summed E-state index contributed by atoms with van der Waals surface area (Å²) in [5.41, 5.74) is -0.562. The first kappa shape index (κ1) is 15.0. The molecule has 18 heavy (non-hydrogen) atoms. The number of hydrogen-bond acceptors (Lipinski definition) is 3. The fourth-order valence-corrected chi connectivity index (χ4v) is 1.62. The highest BCUT2D eigenvalue weighted by molar-refractivity contribution is 6.41. The van der Waals surface area contributed by atoms with Crippen LogP contribution in [0.1, 0.15) is 26.2 Å². The van der Waals surface area contributed by atoms with Crippen molar-refractivity contribution in [3.63, 3.8) is 0 Å². The molecule has 0 radical (unpaired) electrons. The van der Waals surface area contributed by atoms with Crippen LogP contribution in [0.15, 0.2) is 11.0 Å². The van der Waals surface area contributed by atoms with Crippen molar-refractivity contribution in [3.05, 3.63) is 26.6 Å². The molecule has 1 amide bonds. The molecule has 0 saturated heterocycles. The minimum absolute atomic E-state index is 0.0845. The second kappa shape index (κ2) is 7.38. The summed E-state index contributed by atoms with van der Waals surface area (Å²) >= 11 is 11.3. The molecule has 0 aliphatic carbocycles. The summed E-state index contributed by atoms with van der Waals surface area (Å²) < 4.78 is 0.989. The van der Waals surface area contributed by atoms with Gasteiger partial charge in [-0.3, -0.25) is 9.59 Å². The summed E-state index contributed by atoms with van der Waals surface area (Å²) in [7, 11) is 0. The third kappa shape index (κ3) is 4.31. The summed E-state index contributed by atoms with van der Waals surface area (Å²) in [5, 5.41) is 6.43. The summed E-state index contributed by atoms with van der Waals surface area (Å²) in [5.74, 6) is -0.265. The van der Waals surface area contributed by atoms with Crippen LogP contribution in [0.5, 0.6) is 0 Å². The van der Waals surface area contributed by atoms with Gasteiger partial charge in [-0.1, -0.05) is 43.0 Å². The second-order valence-corrected chi connectivity index (χ2v) is 4.61. The Morgan fingerprint density at radius 2 is 2.17 bits per heavy atom. The molecule has 1 heterocycles. The number of nitrogens with one attached hydrogen (secondary N) is 1. The lowest BCUT2D eigenvalue weighted by Crippen LogP contribution is -2.34. The van der Waals surface area contributed by atoms with E-state index in [0.29, 0.717) is 6.54 Å². The van der Waals surface area contributed by atoms with Crippen LogP contribution < -0.4 is 10.9 Å². The molecule has 0 aliphatic rings. The van der Waals surface area contributed by atoms with Crippen molar-refractivity contribution < 1.29 is 4.79 Å². The van der Waals surface area contributed by atoms with E-state index in [4.69, 9.17) is 23.2 Å². The molecular weight excluding hydrogens is 277 g/mol. The number of amides is 1. The van der Waals surface area contributed by atoms with E-state index in [2.05, 4.69) is 17.3 Å². The third-order valence-electron chi connectivity index (χ3n) is 2.34. The standard InChI is InChI=1S/C11H15Cl2N3O2/c1-2-3-4-5-14-9(17)7-16-11(18)10(13)8(12)6-15-16/h6H,2-5,7H2,1H3,(H,14,17). The highest BCUT2D eigenvalue weighted by Gasteiger charge is 2.10. The number of nitrogens with zero attached hydrogens (tertiary/aromatic N) is 2. The van der Waals surface area contributed by atoms with E-state index in [9.17, 15) is 9.59 Å². The first-order valence-corrected chi connectivity index (χ1v) is 6.49. The number of halogens is 2. The zero-order chi connectivity index (χ0) is 13.5. The molecule has 100 valence electrons. The van der Waals surface area contributed by atoms with E-state index in [-0.39, 0.29) is 22.5 Å². The zero-order valence-corrected chi connectivity index (χ0v) is 11.6. The summed E-state index contributed by atoms with van der Waals surface area (Å²) in [6.45, 7) is 2.53. The predicted octanol–water partition coefficient (Wildman–Crippen LogP) is 1.86. The number of carbonyl (C=O) groups excluding carboxylic acids is 1. The lowest BCUT2D eigenvalue weighted by molar-refractivity contribution is -0.121. The van der Waals surface area contributed by atoms with Gasteiger partial charge in [-0.2, -0.15) is 5.10 Å². The minimum Gasteiger partial charge on any atom is -0.354 e. The highest BCUT2D eigenvalue weighted by atomic mass is 35.5. The lowest BCUT2D eigenvalue weighted by Gasteiger charge is -2.06. The van der Waals surface area contributed by atoms with Crippen LogP contribution in [0.4, 0.5) is 0 Å². The average Bonchev–Trinajstić information content (AvgIpc) is 2.35. The zero-order valence-electron chi connectivity index (χ0n) is 10.1. The van der Waals surface area contributed by atoms with Crippen LogP contribution in [-0.2, 0) is 11.3 Å². The number of rotatable bonds is 6. The fourth-order valence-electron chi connectivity index (χ4n) is 1.35. The number of unbranched alkanes of at least 4 members (excludes halogenated alkanes) is 2. The molecule has 1 aromatic heterocycles. The first-order chi connectivity index (χ1) is 8.56. The third-order valence-corrected chi connectivity index (χ3v) is 3.09. The summed E-state index contributed by atoms with van der Waals surface area (Å²) in [4.78, 5) is 23.1. The quantitative estimate of drug-likeness (QED) is 0.814. The minimum atomic E-state index is -0.562. The van der Waals surface area contributed by atoms with Crippen molar-refractivity contribution in [1.82, 2.24) is 15.1 Å². The fraction of sp³-hybridized carbons (Fsp3) is 0.545. The van der Waals surface area contributed by atoms with Crippen molar-refractivity contribution in [2.75, 3.05) is 6.54 Å². The maximum Gasteiger partial charge on any atom is 0.287 e. The number of aromatic nitrogens is 2. The maximum absolute atomic E-state index is 11.6. The molecule has 0 spiro atoms. The van der Waals surface area contributed by atoms with Gasteiger partial charge in [0.15, 0.2) is 0 Å². The molecular formula is C11H15Cl2N3O2. The molecule has 1 aromatic rings. The van der Waals surface area contributed by atoms with Gasteiger partial charge in [-0.05, 0) is 6.42 Å². The van der Waals surface area contributed by atoms with Crippen LogP contribution in [0.25, 0.3) is 0 Å². The number of hydrogen-bond donors (Lipinski definition) is 1. The molecule has 7 heteroatoms. The molecule has 1 rings (SSSR count). The van der Waals surface area contributed by atoms with Crippen molar-refractivity contribution in [2.45, 2.75) is 32.7 Å². The summed E-state index contributed by atoms with van der Waals surface area (Å²) in [6, 6.07) is 0. The molecule has 0 bridgehead atoms. The molecule has 0 fully saturated rings. The Morgan fingerprint density at radius 1 is 1.44 bits per heavy atom. The maximum atomic E-state index is 11.6. The molecule has 0 aromatic carbocycles. The van der Waals surface area contributed by atoms with Gasteiger partial charge >= 0.3 is 0 Å². The molecule has 0 saturated carbocycles. The SMILES string of the molecule is CCCCCNC(=O)Cn1ncc(Cl)c(Cl)c1=O. The van der Waals surface area contributed by atoms with Gasteiger partial charge in [0.1, 0.15) is 11.6 Å². The van der Waals surface area contributed by atoms with Gasteiger partial charge in [-0.25, -0.2) is 4.68 Å². The van der Waals surface area contributed by atoms with Crippen LogP contribution in [0.3, 0.4) is 0 Å². The molecule has 0 unspecified atom stereocenters. The van der Waals surface area contributed by atoms with Crippen molar-refractivity contribution >= 4 is 29.1 Å². The van der Waals surface area contributed by atoms with E-state index < -0.39 is 5.56 Å². The van der Waals surface area contributed by atoms with Gasteiger partial charge in [-0.15, -0.1) is 0 Å². The topological polar surface area (TPSA) is 64.0 Å². The van der Waals surface area contributed by atoms with Crippen molar-refractivity contribution in [2.24, 2.45) is 0 Å². The molecule has 1 N–H and O–H groups in total. The normalized spacial score (nSPS) is 10.4. The Bertz CT molecular complexity index is 474. The molecule has 0 aliphatic heterocycles. The number of carbonyl (C=O) groups is 1. The summed E-state index contributed by atoms with van der Waals surface area (Å²) in [6.07, 6.45) is 4.32.